The topological polar surface area (TPSA) is 94.1 Å². The zero-order valence-electron chi connectivity index (χ0n) is 14.1. The fourth-order valence-electron chi connectivity index (χ4n) is 2.61. The molecule has 4 rings (SSSR count). The van der Waals surface area contributed by atoms with Crippen LogP contribution in [0.3, 0.4) is 0 Å². The van der Waals surface area contributed by atoms with E-state index in [0.29, 0.717) is 29.1 Å². The minimum Gasteiger partial charge on any atom is -0.339 e. The van der Waals surface area contributed by atoms with Gasteiger partial charge in [-0.15, -0.1) is 0 Å². The van der Waals surface area contributed by atoms with Gasteiger partial charge in [-0.25, -0.2) is 0 Å². The first kappa shape index (κ1) is 15.6. The third-order valence-corrected chi connectivity index (χ3v) is 4.36. The predicted molar refractivity (Wildman–Crippen MR) is 90.3 cm³/mol. The van der Waals surface area contributed by atoms with Crippen LogP contribution in [0.25, 0.3) is 11.4 Å². The first-order chi connectivity index (χ1) is 12.2. The van der Waals surface area contributed by atoms with E-state index in [9.17, 15) is 4.79 Å². The van der Waals surface area contributed by atoms with E-state index in [4.69, 9.17) is 9.05 Å². The lowest BCUT2D eigenvalue weighted by Gasteiger charge is -2.03. The Kier molecular flexibility index (Phi) is 3.83. The van der Waals surface area contributed by atoms with Crippen molar-refractivity contribution < 1.29 is 13.8 Å². The summed E-state index contributed by atoms with van der Waals surface area (Å²) in [5.41, 5.74) is 3.03. The summed E-state index contributed by atoms with van der Waals surface area (Å²) in [6.07, 6.45) is 2.98. The molecular formula is C18H18N4O3. The minimum atomic E-state index is -0.250. The molecule has 25 heavy (non-hydrogen) atoms. The highest BCUT2D eigenvalue weighted by Crippen LogP contribution is 2.39. The number of benzene rings is 1. The fraction of sp³-hybridized carbons (Fsp3) is 0.333. The molecule has 0 bridgehead atoms. The van der Waals surface area contributed by atoms with Crippen LogP contribution in [0.2, 0.25) is 0 Å². The number of aromatic nitrogens is 3. The van der Waals surface area contributed by atoms with E-state index in [1.165, 1.54) is 0 Å². The van der Waals surface area contributed by atoms with Gasteiger partial charge >= 0.3 is 0 Å². The molecule has 128 valence electrons. The van der Waals surface area contributed by atoms with E-state index in [1.807, 2.05) is 13.8 Å². The number of carbonyl (C=O) groups is 1. The molecule has 1 aliphatic carbocycles. The molecule has 1 amide bonds. The minimum absolute atomic E-state index is 0.250. The lowest BCUT2D eigenvalue weighted by molar-refractivity contribution is 0.102. The van der Waals surface area contributed by atoms with Gasteiger partial charge in [0.05, 0.1) is 5.69 Å². The zero-order chi connectivity index (χ0) is 17.4. The third-order valence-electron chi connectivity index (χ3n) is 4.36. The Hall–Kier alpha value is -2.96. The Morgan fingerprint density at radius 3 is 2.60 bits per heavy atom. The number of amides is 1. The summed E-state index contributed by atoms with van der Waals surface area (Å²) in [5.74, 6) is 1.81. The van der Waals surface area contributed by atoms with Gasteiger partial charge < -0.3 is 9.05 Å². The molecule has 0 aliphatic heterocycles. The molecule has 1 N–H and O–H groups in total. The Morgan fingerprint density at radius 1 is 1.20 bits per heavy atom. The molecular weight excluding hydrogens is 320 g/mol. The van der Waals surface area contributed by atoms with Crippen molar-refractivity contribution in [3.8, 4) is 11.4 Å². The highest BCUT2D eigenvalue weighted by molar-refractivity contribution is 6.04. The van der Waals surface area contributed by atoms with Crippen molar-refractivity contribution in [2.75, 3.05) is 5.32 Å². The van der Waals surface area contributed by atoms with E-state index in [1.54, 1.807) is 24.3 Å². The molecule has 0 radical (unpaired) electrons. The Bertz CT molecular complexity index is 907. The van der Waals surface area contributed by atoms with Gasteiger partial charge in [-0.2, -0.15) is 4.98 Å². The number of hydrogen-bond acceptors (Lipinski definition) is 6. The van der Waals surface area contributed by atoms with Crippen molar-refractivity contribution >= 4 is 11.8 Å². The van der Waals surface area contributed by atoms with Gasteiger partial charge in [0.2, 0.25) is 17.6 Å². The molecule has 0 atom stereocenters. The summed E-state index contributed by atoms with van der Waals surface area (Å²) in [4.78, 5) is 16.8. The van der Waals surface area contributed by atoms with Gasteiger partial charge in [-0.05, 0) is 38.3 Å². The highest BCUT2D eigenvalue weighted by atomic mass is 16.5. The summed E-state index contributed by atoms with van der Waals surface area (Å²) >= 11 is 0. The van der Waals surface area contributed by atoms with Crippen molar-refractivity contribution in [2.45, 2.75) is 39.0 Å². The molecule has 2 aromatic heterocycles. The van der Waals surface area contributed by atoms with E-state index in [-0.39, 0.29) is 5.91 Å². The molecule has 1 saturated carbocycles. The number of rotatable bonds is 5. The number of anilines is 1. The monoisotopic (exact) mass is 338 g/mol. The van der Waals surface area contributed by atoms with Crippen LogP contribution in [-0.4, -0.2) is 21.2 Å². The summed E-state index contributed by atoms with van der Waals surface area (Å²) in [5, 5.41) is 10.7. The van der Waals surface area contributed by atoms with Crippen molar-refractivity contribution in [2.24, 2.45) is 0 Å². The zero-order valence-corrected chi connectivity index (χ0v) is 14.1. The molecule has 0 saturated heterocycles. The predicted octanol–water partition coefficient (Wildman–Crippen LogP) is 3.73. The molecule has 1 aromatic carbocycles. The number of aryl methyl sites for hydroxylation is 1. The molecule has 0 spiro atoms. The van der Waals surface area contributed by atoms with Gasteiger partial charge in [0.1, 0.15) is 0 Å². The van der Waals surface area contributed by atoms with Crippen LogP contribution in [0.5, 0.6) is 0 Å². The Balaban J connectivity index is 1.48. The largest absolute Gasteiger partial charge is 0.339 e. The molecule has 7 heteroatoms. The van der Waals surface area contributed by atoms with Crippen molar-refractivity contribution in [1.29, 1.82) is 0 Å². The van der Waals surface area contributed by atoms with E-state index >= 15 is 0 Å². The lowest BCUT2D eigenvalue weighted by atomic mass is 10.1. The van der Waals surface area contributed by atoms with Gasteiger partial charge in [-0.1, -0.05) is 29.4 Å². The smallest absolute Gasteiger partial charge is 0.258 e. The molecule has 1 aliphatic rings. The second-order valence-corrected chi connectivity index (χ2v) is 6.20. The second kappa shape index (κ2) is 6.16. The Morgan fingerprint density at radius 2 is 1.96 bits per heavy atom. The lowest BCUT2D eigenvalue weighted by Crippen LogP contribution is -2.12. The SMILES string of the molecule is CCc1noc(NC(=O)c2ccc(-c3noc(C4CC4)n3)cc2)c1C. The normalized spacial score (nSPS) is 13.8. The van der Waals surface area contributed by atoms with Crippen molar-refractivity contribution in [3.63, 3.8) is 0 Å². The number of nitrogens with zero attached hydrogens (tertiary/aromatic N) is 3. The third kappa shape index (κ3) is 3.05. The molecule has 1 fully saturated rings. The first-order valence-corrected chi connectivity index (χ1v) is 8.36. The van der Waals surface area contributed by atoms with E-state index in [2.05, 4.69) is 20.6 Å². The fourth-order valence-corrected chi connectivity index (χ4v) is 2.61. The van der Waals surface area contributed by atoms with Crippen LogP contribution in [0.1, 0.15) is 53.2 Å². The van der Waals surface area contributed by atoms with Crippen molar-refractivity contribution in [1.82, 2.24) is 15.3 Å². The molecule has 2 heterocycles. The molecule has 3 aromatic rings. The van der Waals surface area contributed by atoms with Crippen LogP contribution in [-0.2, 0) is 6.42 Å². The second-order valence-electron chi connectivity index (χ2n) is 6.20. The molecule has 0 unspecified atom stereocenters. The van der Waals surface area contributed by atoms with Gasteiger partial charge in [0.15, 0.2) is 0 Å². The van der Waals surface area contributed by atoms with Crippen LogP contribution in [0.15, 0.2) is 33.3 Å². The standard InChI is InChI=1S/C18H18N4O3/c1-3-14-10(2)17(24-21-14)20-16(23)12-6-4-11(5-7-12)15-19-18(25-22-15)13-8-9-13/h4-7,13H,3,8-9H2,1-2H3,(H,20,23). The van der Waals surface area contributed by atoms with Gasteiger partial charge in [-0.3, -0.25) is 10.1 Å². The van der Waals surface area contributed by atoms with Crippen LogP contribution < -0.4 is 5.32 Å². The number of hydrogen-bond donors (Lipinski definition) is 1. The quantitative estimate of drug-likeness (QED) is 0.762. The summed E-state index contributed by atoms with van der Waals surface area (Å²) in [6.45, 7) is 3.86. The summed E-state index contributed by atoms with van der Waals surface area (Å²) in [6, 6.07) is 7.07. The maximum atomic E-state index is 12.4. The highest BCUT2D eigenvalue weighted by Gasteiger charge is 2.29. The van der Waals surface area contributed by atoms with Gasteiger partial charge in [0, 0.05) is 22.6 Å². The maximum Gasteiger partial charge on any atom is 0.258 e. The van der Waals surface area contributed by atoms with Crippen molar-refractivity contribution in [3.05, 3.63) is 47.0 Å². The Labute approximate surface area is 144 Å². The average Bonchev–Trinajstić information content (AvgIpc) is 3.27. The van der Waals surface area contributed by atoms with Crippen LogP contribution in [0, 0.1) is 6.92 Å². The van der Waals surface area contributed by atoms with Crippen LogP contribution in [0.4, 0.5) is 5.88 Å². The molecule has 7 nitrogen and oxygen atoms in total. The van der Waals surface area contributed by atoms with E-state index < -0.39 is 0 Å². The average molecular weight is 338 g/mol. The van der Waals surface area contributed by atoms with Gasteiger partial charge in [0.25, 0.3) is 5.91 Å². The number of carbonyl (C=O) groups excluding carboxylic acids is 1. The first-order valence-electron chi connectivity index (χ1n) is 8.36. The summed E-state index contributed by atoms with van der Waals surface area (Å²) in [7, 11) is 0. The number of nitrogens with one attached hydrogen (secondary N) is 1. The van der Waals surface area contributed by atoms with E-state index in [0.717, 1.165) is 36.1 Å². The maximum absolute atomic E-state index is 12.4. The van der Waals surface area contributed by atoms with Crippen LogP contribution >= 0.6 is 0 Å². The summed E-state index contributed by atoms with van der Waals surface area (Å²) < 4.78 is 10.5.